The standard InChI is InChI=1S/C23H20ClN5O3S/c1-16-13-18(24)14-20-22(16)26-23(33-20)28(11-2-10-27-12-9-25-15-27)21(30)8-5-17-3-6-19(7-4-17)29(31)32/h3-9,12-15H,2,10-11H2,1H3/b8-5+. The quantitative estimate of drug-likeness (QED) is 0.188. The molecule has 2 aromatic heterocycles. The van der Waals surface area contributed by atoms with Crippen LogP contribution in [0.25, 0.3) is 16.3 Å². The number of amides is 1. The smallest absolute Gasteiger partial charge is 0.269 e. The molecule has 0 unspecified atom stereocenters. The average molecular weight is 482 g/mol. The van der Waals surface area contributed by atoms with Crippen LogP contribution in [0, 0.1) is 17.0 Å². The maximum Gasteiger partial charge on any atom is 0.269 e. The molecule has 0 N–H and O–H groups in total. The van der Waals surface area contributed by atoms with E-state index < -0.39 is 4.92 Å². The van der Waals surface area contributed by atoms with Crippen molar-refractivity contribution in [1.29, 1.82) is 0 Å². The molecular weight excluding hydrogens is 462 g/mol. The first-order chi connectivity index (χ1) is 15.9. The second-order valence-corrected chi connectivity index (χ2v) is 8.84. The largest absolute Gasteiger partial charge is 0.337 e. The molecule has 8 nitrogen and oxygen atoms in total. The maximum atomic E-state index is 13.2. The van der Waals surface area contributed by atoms with Crippen molar-refractivity contribution in [2.75, 3.05) is 11.4 Å². The van der Waals surface area contributed by atoms with Gasteiger partial charge in [0.2, 0.25) is 0 Å². The van der Waals surface area contributed by atoms with Gasteiger partial charge in [0.05, 0.1) is 21.5 Å². The summed E-state index contributed by atoms with van der Waals surface area (Å²) in [5.74, 6) is -0.221. The minimum Gasteiger partial charge on any atom is -0.337 e. The number of halogens is 1. The number of carbonyl (C=O) groups excluding carboxylic acids is 1. The predicted octanol–water partition coefficient (Wildman–Crippen LogP) is 5.50. The molecule has 0 aliphatic heterocycles. The van der Waals surface area contributed by atoms with E-state index in [1.165, 1.54) is 29.5 Å². The summed E-state index contributed by atoms with van der Waals surface area (Å²) in [5.41, 5.74) is 2.47. The first kappa shape index (κ1) is 22.6. The van der Waals surface area contributed by atoms with Crippen molar-refractivity contribution < 1.29 is 9.72 Å². The lowest BCUT2D eigenvalue weighted by Gasteiger charge is -2.18. The van der Waals surface area contributed by atoms with E-state index in [1.807, 2.05) is 29.8 Å². The number of benzene rings is 2. The number of carbonyl (C=O) groups is 1. The minimum absolute atomic E-state index is 0.00288. The van der Waals surface area contributed by atoms with Crippen LogP contribution in [0.2, 0.25) is 5.02 Å². The number of aromatic nitrogens is 3. The second kappa shape index (κ2) is 9.93. The Labute approximate surface area is 198 Å². The molecule has 0 aliphatic rings. The zero-order valence-corrected chi connectivity index (χ0v) is 19.3. The van der Waals surface area contributed by atoms with E-state index in [2.05, 4.69) is 4.98 Å². The molecule has 0 aliphatic carbocycles. The lowest BCUT2D eigenvalue weighted by molar-refractivity contribution is -0.384. The van der Waals surface area contributed by atoms with E-state index in [9.17, 15) is 14.9 Å². The summed E-state index contributed by atoms with van der Waals surface area (Å²) in [5, 5.41) is 12.1. The molecule has 0 fully saturated rings. The van der Waals surface area contributed by atoms with Crippen molar-refractivity contribution in [2.45, 2.75) is 19.9 Å². The molecule has 4 aromatic rings. The summed E-state index contributed by atoms with van der Waals surface area (Å²) in [6.45, 7) is 3.12. The summed E-state index contributed by atoms with van der Waals surface area (Å²) in [4.78, 5) is 34.0. The summed E-state index contributed by atoms with van der Waals surface area (Å²) >= 11 is 7.62. The molecule has 0 saturated carbocycles. The summed E-state index contributed by atoms with van der Waals surface area (Å²) in [7, 11) is 0. The number of nitro benzene ring substituents is 1. The highest BCUT2D eigenvalue weighted by Gasteiger charge is 2.19. The van der Waals surface area contributed by atoms with Crippen molar-refractivity contribution in [3.05, 3.63) is 87.5 Å². The Morgan fingerprint density at radius 3 is 2.79 bits per heavy atom. The fraction of sp³-hybridized carbons (Fsp3) is 0.174. The van der Waals surface area contributed by atoms with Crippen molar-refractivity contribution in [3.8, 4) is 0 Å². The molecule has 0 bridgehead atoms. The van der Waals surface area contributed by atoms with Crippen LogP contribution < -0.4 is 4.90 Å². The van der Waals surface area contributed by atoms with Crippen molar-refractivity contribution in [2.24, 2.45) is 0 Å². The number of aryl methyl sites for hydroxylation is 2. The Kier molecular flexibility index (Phi) is 6.81. The molecule has 33 heavy (non-hydrogen) atoms. The fourth-order valence-electron chi connectivity index (χ4n) is 3.35. The third kappa shape index (κ3) is 5.44. The zero-order valence-electron chi connectivity index (χ0n) is 17.7. The Bertz CT molecular complexity index is 1320. The van der Waals surface area contributed by atoms with Crippen LogP contribution in [0.1, 0.15) is 17.5 Å². The van der Waals surface area contributed by atoms with Gasteiger partial charge in [-0.3, -0.25) is 19.8 Å². The highest BCUT2D eigenvalue weighted by Crippen LogP contribution is 2.33. The van der Waals surface area contributed by atoms with Crippen LogP contribution in [0.15, 0.2) is 61.2 Å². The number of fused-ring (bicyclic) bond motifs is 1. The van der Waals surface area contributed by atoms with Crippen LogP contribution in [0.4, 0.5) is 10.8 Å². The molecule has 2 heterocycles. The van der Waals surface area contributed by atoms with Crippen molar-refractivity contribution >= 4 is 56.0 Å². The Morgan fingerprint density at radius 1 is 1.30 bits per heavy atom. The number of rotatable bonds is 8. The van der Waals surface area contributed by atoms with Crippen LogP contribution >= 0.6 is 22.9 Å². The van der Waals surface area contributed by atoms with Gasteiger partial charge in [-0.05, 0) is 54.8 Å². The number of thiazole rings is 1. The molecule has 4 rings (SSSR count). The second-order valence-electron chi connectivity index (χ2n) is 7.39. The van der Waals surface area contributed by atoms with E-state index in [4.69, 9.17) is 16.6 Å². The summed E-state index contributed by atoms with van der Waals surface area (Å²) in [6, 6.07) is 9.74. The highest BCUT2D eigenvalue weighted by molar-refractivity contribution is 7.22. The lowest BCUT2D eigenvalue weighted by atomic mass is 10.2. The molecule has 1 amide bonds. The fourth-order valence-corrected chi connectivity index (χ4v) is 4.81. The highest BCUT2D eigenvalue weighted by atomic mass is 35.5. The van der Waals surface area contributed by atoms with Gasteiger partial charge in [-0.2, -0.15) is 0 Å². The number of nitro groups is 1. The molecule has 2 aromatic carbocycles. The average Bonchev–Trinajstić information content (AvgIpc) is 3.45. The van der Waals surface area contributed by atoms with Crippen LogP contribution in [-0.2, 0) is 11.3 Å². The van der Waals surface area contributed by atoms with Gasteiger partial charge in [0, 0.05) is 48.7 Å². The molecule has 0 radical (unpaired) electrons. The minimum atomic E-state index is -0.456. The van der Waals surface area contributed by atoms with Crippen LogP contribution in [-0.4, -0.2) is 31.9 Å². The van der Waals surface area contributed by atoms with Gasteiger partial charge in [0.15, 0.2) is 5.13 Å². The van der Waals surface area contributed by atoms with Gasteiger partial charge < -0.3 is 4.57 Å². The van der Waals surface area contributed by atoms with Gasteiger partial charge >= 0.3 is 0 Å². The number of hydrogen-bond donors (Lipinski definition) is 0. The van der Waals surface area contributed by atoms with Gasteiger partial charge in [-0.1, -0.05) is 22.9 Å². The number of imidazole rings is 1. The van der Waals surface area contributed by atoms with Gasteiger partial charge in [-0.15, -0.1) is 0 Å². The monoisotopic (exact) mass is 481 g/mol. The molecule has 0 spiro atoms. The van der Waals surface area contributed by atoms with Crippen molar-refractivity contribution in [3.63, 3.8) is 0 Å². The van der Waals surface area contributed by atoms with E-state index >= 15 is 0 Å². The molecule has 10 heteroatoms. The Morgan fingerprint density at radius 2 is 2.09 bits per heavy atom. The first-order valence-electron chi connectivity index (χ1n) is 10.2. The molecular formula is C23H20ClN5O3S. The normalized spacial score (nSPS) is 11.3. The van der Waals surface area contributed by atoms with E-state index in [0.717, 1.165) is 15.8 Å². The van der Waals surface area contributed by atoms with Gasteiger partial charge in [-0.25, -0.2) is 9.97 Å². The summed E-state index contributed by atoms with van der Waals surface area (Å²) < 4.78 is 2.87. The van der Waals surface area contributed by atoms with Crippen LogP contribution in [0.3, 0.4) is 0 Å². The predicted molar refractivity (Wildman–Crippen MR) is 131 cm³/mol. The third-order valence-electron chi connectivity index (χ3n) is 5.02. The zero-order chi connectivity index (χ0) is 23.4. The lowest BCUT2D eigenvalue weighted by Crippen LogP contribution is -2.30. The third-order valence-corrected chi connectivity index (χ3v) is 6.26. The van der Waals surface area contributed by atoms with E-state index in [0.29, 0.717) is 35.2 Å². The number of non-ortho nitro benzene ring substituents is 1. The molecule has 168 valence electrons. The van der Waals surface area contributed by atoms with Crippen molar-refractivity contribution in [1.82, 2.24) is 14.5 Å². The summed E-state index contributed by atoms with van der Waals surface area (Å²) in [6.07, 6.45) is 9.15. The van der Waals surface area contributed by atoms with Crippen LogP contribution in [0.5, 0.6) is 0 Å². The van der Waals surface area contributed by atoms with Gasteiger partial charge in [0.25, 0.3) is 11.6 Å². The maximum absolute atomic E-state index is 13.2. The molecule has 0 saturated heterocycles. The Balaban J connectivity index is 1.58. The first-order valence-corrected chi connectivity index (χ1v) is 11.4. The van der Waals surface area contributed by atoms with E-state index in [1.54, 1.807) is 35.6 Å². The number of hydrogen-bond acceptors (Lipinski definition) is 6. The van der Waals surface area contributed by atoms with Gasteiger partial charge in [0.1, 0.15) is 0 Å². The topological polar surface area (TPSA) is 94.2 Å². The SMILES string of the molecule is Cc1cc(Cl)cc2sc(N(CCCn3ccnc3)C(=O)/C=C/c3ccc([N+](=O)[O-])cc3)nc12. The number of nitrogens with zero attached hydrogens (tertiary/aromatic N) is 5. The Hall–Kier alpha value is -3.56. The number of anilines is 1. The molecule has 0 atom stereocenters. The van der Waals surface area contributed by atoms with E-state index in [-0.39, 0.29) is 11.6 Å².